The maximum Gasteiger partial charge on any atom is 0.239 e. The van der Waals surface area contributed by atoms with Crippen LogP contribution >= 0.6 is 0 Å². The first-order valence-electron chi connectivity index (χ1n) is 7.12. The van der Waals surface area contributed by atoms with E-state index in [4.69, 9.17) is 5.73 Å². The van der Waals surface area contributed by atoms with Gasteiger partial charge in [-0.3, -0.25) is 4.79 Å². The summed E-state index contributed by atoms with van der Waals surface area (Å²) in [5.74, 6) is 0.513. The molecule has 1 rings (SSSR count). The van der Waals surface area contributed by atoms with Crippen molar-refractivity contribution in [2.24, 2.45) is 11.7 Å². The molecule has 0 spiro atoms. The van der Waals surface area contributed by atoms with Crippen LogP contribution in [-0.2, 0) is 11.3 Å². The van der Waals surface area contributed by atoms with Gasteiger partial charge in [0.15, 0.2) is 0 Å². The van der Waals surface area contributed by atoms with Crippen LogP contribution in [0.4, 0.5) is 0 Å². The van der Waals surface area contributed by atoms with Crippen LogP contribution < -0.4 is 5.73 Å². The van der Waals surface area contributed by atoms with Crippen molar-refractivity contribution in [3.05, 3.63) is 35.9 Å². The molecule has 0 aliphatic rings. The summed E-state index contributed by atoms with van der Waals surface area (Å²) in [6.45, 7) is 7.68. The molecular formula is C16H26N2O. The lowest BCUT2D eigenvalue weighted by Gasteiger charge is -2.26. The molecule has 0 unspecified atom stereocenters. The second-order valence-electron chi connectivity index (χ2n) is 5.48. The topological polar surface area (TPSA) is 46.3 Å². The minimum Gasteiger partial charge on any atom is -0.337 e. The van der Waals surface area contributed by atoms with Crippen molar-refractivity contribution in [1.29, 1.82) is 0 Å². The Morgan fingerprint density at radius 2 is 1.89 bits per heavy atom. The molecule has 0 aromatic heterocycles. The molecule has 0 radical (unpaired) electrons. The standard InChI is InChI=1S/C16H26N2O/c1-4-10-18(12-14-8-6-5-7-9-14)16(19)15(17)11-13(2)3/h5-9,13,15H,4,10-12,17H2,1-3H3/t15-/m0/s1. The molecule has 0 saturated heterocycles. The quantitative estimate of drug-likeness (QED) is 0.821. The maximum atomic E-state index is 12.4. The lowest BCUT2D eigenvalue weighted by atomic mass is 10.0. The fourth-order valence-electron chi connectivity index (χ4n) is 2.18. The van der Waals surface area contributed by atoms with Gasteiger partial charge in [-0.1, -0.05) is 51.1 Å². The number of hydrogen-bond donors (Lipinski definition) is 1. The van der Waals surface area contributed by atoms with Crippen molar-refractivity contribution >= 4 is 5.91 Å². The Labute approximate surface area is 116 Å². The largest absolute Gasteiger partial charge is 0.337 e. The third-order valence-corrected chi connectivity index (χ3v) is 3.06. The van der Waals surface area contributed by atoms with Gasteiger partial charge in [-0.2, -0.15) is 0 Å². The molecule has 0 fully saturated rings. The molecule has 1 amide bonds. The molecule has 3 heteroatoms. The highest BCUT2D eigenvalue weighted by atomic mass is 16.2. The highest BCUT2D eigenvalue weighted by Gasteiger charge is 2.21. The Balaban J connectivity index is 2.68. The van der Waals surface area contributed by atoms with Gasteiger partial charge in [-0.25, -0.2) is 0 Å². The van der Waals surface area contributed by atoms with Gasteiger partial charge in [0.25, 0.3) is 0 Å². The van der Waals surface area contributed by atoms with E-state index < -0.39 is 0 Å². The van der Waals surface area contributed by atoms with Gasteiger partial charge in [0.05, 0.1) is 6.04 Å². The van der Waals surface area contributed by atoms with Crippen LogP contribution in [0.3, 0.4) is 0 Å². The van der Waals surface area contributed by atoms with Crippen LogP contribution in [0, 0.1) is 5.92 Å². The summed E-state index contributed by atoms with van der Waals surface area (Å²) < 4.78 is 0. The van der Waals surface area contributed by atoms with E-state index in [2.05, 4.69) is 20.8 Å². The Hall–Kier alpha value is -1.35. The van der Waals surface area contributed by atoms with Crippen LogP contribution in [0.1, 0.15) is 39.2 Å². The summed E-state index contributed by atoms with van der Waals surface area (Å²) >= 11 is 0. The van der Waals surface area contributed by atoms with Crippen molar-refractivity contribution in [1.82, 2.24) is 4.90 Å². The average molecular weight is 262 g/mol. The first-order chi connectivity index (χ1) is 9.04. The zero-order valence-electron chi connectivity index (χ0n) is 12.3. The molecule has 0 saturated carbocycles. The summed E-state index contributed by atoms with van der Waals surface area (Å²) in [6, 6.07) is 9.69. The second-order valence-corrected chi connectivity index (χ2v) is 5.48. The number of carbonyl (C=O) groups excluding carboxylic acids is 1. The number of nitrogens with zero attached hydrogens (tertiary/aromatic N) is 1. The normalized spacial score (nSPS) is 12.5. The van der Waals surface area contributed by atoms with Gasteiger partial charge >= 0.3 is 0 Å². The number of hydrogen-bond acceptors (Lipinski definition) is 2. The van der Waals surface area contributed by atoms with E-state index in [-0.39, 0.29) is 11.9 Å². The van der Waals surface area contributed by atoms with Crippen molar-refractivity contribution < 1.29 is 4.79 Å². The van der Waals surface area contributed by atoms with Gasteiger partial charge in [-0.15, -0.1) is 0 Å². The monoisotopic (exact) mass is 262 g/mol. The van der Waals surface area contributed by atoms with Gasteiger partial charge in [0.1, 0.15) is 0 Å². The zero-order valence-corrected chi connectivity index (χ0v) is 12.3. The fourth-order valence-corrected chi connectivity index (χ4v) is 2.18. The number of carbonyl (C=O) groups is 1. The molecule has 1 aromatic carbocycles. The first kappa shape index (κ1) is 15.7. The van der Waals surface area contributed by atoms with E-state index in [0.29, 0.717) is 12.5 Å². The van der Waals surface area contributed by atoms with Crippen LogP contribution in [0.5, 0.6) is 0 Å². The van der Waals surface area contributed by atoms with Crippen LogP contribution in [0.2, 0.25) is 0 Å². The highest BCUT2D eigenvalue weighted by molar-refractivity contribution is 5.81. The summed E-state index contributed by atoms with van der Waals surface area (Å²) in [4.78, 5) is 14.3. The van der Waals surface area contributed by atoms with Crippen LogP contribution in [-0.4, -0.2) is 23.4 Å². The number of benzene rings is 1. The fraction of sp³-hybridized carbons (Fsp3) is 0.562. The molecule has 2 N–H and O–H groups in total. The SMILES string of the molecule is CCCN(Cc1ccccc1)C(=O)[C@@H](N)CC(C)C. The van der Waals surface area contributed by atoms with Gasteiger partial charge in [-0.05, 0) is 24.3 Å². The molecule has 0 aliphatic heterocycles. The third-order valence-electron chi connectivity index (χ3n) is 3.06. The minimum atomic E-state index is -0.379. The predicted octanol–water partition coefficient (Wildman–Crippen LogP) is 2.80. The van der Waals surface area contributed by atoms with E-state index in [0.717, 1.165) is 24.9 Å². The molecular weight excluding hydrogens is 236 g/mol. The third kappa shape index (κ3) is 5.43. The zero-order chi connectivity index (χ0) is 14.3. The molecule has 3 nitrogen and oxygen atoms in total. The molecule has 0 bridgehead atoms. The maximum absolute atomic E-state index is 12.4. The number of nitrogens with two attached hydrogens (primary N) is 1. The smallest absolute Gasteiger partial charge is 0.239 e. The molecule has 0 heterocycles. The van der Waals surface area contributed by atoms with E-state index in [1.807, 2.05) is 35.2 Å². The van der Waals surface area contributed by atoms with Crippen LogP contribution in [0.25, 0.3) is 0 Å². The Morgan fingerprint density at radius 1 is 1.26 bits per heavy atom. The summed E-state index contributed by atoms with van der Waals surface area (Å²) in [6.07, 6.45) is 1.70. The Bertz CT molecular complexity index is 376. The van der Waals surface area contributed by atoms with Gasteiger partial charge < -0.3 is 10.6 Å². The lowest BCUT2D eigenvalue weighted by molar-refractivity contribution is -0.133. The number of amides is 1. The molecule has 19 heavy (non-hydrogen) atoms. The summed E-state index contributed by atoms with van der Waals surface area (Å²) in [5.41, 5.74) is 7.17. The Morgan fingerprint density at radius 3 is 2.42 bits per heavy atom. The first-order valence-corrected chi connectivity index (χ1v) is 7.12. The van der Waals surface area contributed by atoms with Gasteiger partial charge in [0, 0.05) is 13.1 Å². The van der Waals surface area contributed by atoms with Crippen molar-refractivity contribution in [3.63, 3.8) is 0 Å². The minimum absolute atomic E-state index is 0.0689. The predicted molar refractivity (Wildman–Crippen MR) is 79.6 cm³/mol. The Kier molecular flexibility index (Phi) is 6.57. The molecule has 1 atom stereocenters. The molecule has 106 valence electrons. The van der Waals surface area contributed by atoms with E-state index in [9.17, 15) is 4.79 Å². The van der Waals surface area contributed by atoms with E-state index in [1.54, 1.807) is 0 Å². The summed E-state index contributed by atoms with van der Waals surface area (Å²) in [5, 5.41) is 0. The van der Waals surface area contributed by atoms with Gasteiger partial charge in [0.2, 0.25) is 5.91 Å². The second kappa shape index (κ2) is 7.95. The lowest BCUT2D eigenvalue weighted by Crippen LogP contribution is -2.44. The number of rotatable bonds is 7. The van der Waals surface area contributed by atoms with Crippen molar-refractivity contribution in [2.45, 2.75) is 46.2 Å². The van der Waals surface area contributed by atoms with Crippen molar-refractivity contribution in [2.75, 3.05) is 6.54 Å². The van der Waals surface area contributed by atoms with Crippen molar-refractivity contribution in [3.8, 4) is 0 Å². The molecule has 1 aromatic rings. The van der Waals surface area contributed by atoms with E-state index >= 15 is 0 Å². The van der Waals surface area contributed by atoms with E-state index in [1.165, 1.54) is 0 Å². The molecule has 0 aliphatic carbocycles. The highest BCUT2D eigenvalue weighted by Crippen LogP contribution is 2.10. The average Bonchev–Trinajstić information content (AvgIpc) is 2.38. The summed E-state index contributed by atoms with van der Waals surface area (Å²) in [7, 11) is 0. The van der Waals surface area contributed by atoms with Crippen LogP contribution in [0.15, 0.2) is 30.3 Å².